The predicted octanol–water partition coefficient (Wildman–Crippen LogP) is 6.70. The summed E-state index contributed by atoms with van der Waals surface area (Å²) in [7, 11) is 0. The molecule has 1 aliphatic rings. The van der Waals surface area contributed by atoms with Crippen LogP contribution in [0.3, 0.4) is 0 Å². The van der Waals surface area contributed by atoms with E-state index in [1.54, 1.807) is 0 Å². The fourth-order valence-corrected chi connectivity index (χ4v) is 5.88. The van der Waals surface area contributed by atoms with Crippen molar-refractivity contribution in [1.82, 2.24) is 0 Å². The van der Waals surface area contributed by atoms with Crippen molar-refractivity contribution < 1.29 is 4.57 Å². The van der Waals surface area contributed by atoms with Gasteiger partial charge in [0.15, 0.2) is 0 Å². The molecule has 2 aromatic carbocycles. The summed E-state index contributed by atoms with van der Waals surface area (Å²) in [5, 5.41) is 2.62. The van der Waals surface area contributed by atoms with Crippen LogP contribution in [0.5, 0.6) is 0 Å². The van der Waals surface area contributed by atoms with E-state index in [2.05, 4.69) is 90.9 Å². The van der Waals surface area contributed by atoms with Crippen LogP contribution >= 0.6 is 47.1 Å². The Morgan fingerprint density at radius 2 is 1.81 bits per heavy atom. The Hall–Kier alpha value is -1.31. The van der Waals surface area contributed by atoms with E-state index in [9.17, 15) is 0 Å². The zero-order valence-corrected chi connectivity index (χ0v) is 19.8. The zero-order chi connectivity index (χ0) is 18.1. The highest BCUT2D eigenvalue weighted by molar-refractivity contribution is 14.0. The molecule has 0 radical (unpaired) electrons. The molecule has 1 aromatic heterocycles. The number of nitrogens with zero attached hydrogens (tertiary/aromatic N) is 2. The molecule has 5 heteroatoms. The minimum atomic E-state index is 0. The number of halogens is 1. The van der Waals surface area contributed by atoms with Gasteiger partial charge in [0, 0.05) is 23.6 Å². The van der Waals surface area contributed by atoms with Gasteiger partial charge in [0.05, 0.1) is 10.7 Å². The molecule has 0 bridgehead atoms. The van der Waals surface area contributed by atoms with Gasteiger partial charge >= 0.3 is 0 Å². The maximum Gasteiger partial charge on any atom is 0.262 e. The summed E-state index contributed by atoms with van der Waals surface area (Å²) >= 11 is 3.73. The molecule has 2 heterocycles. The quantitative estimate of drug-likeness (QED) is 0.287. The molecule has 27 heavy (non-hydrogen) atoms. The summed E-state index contributed by atoms with van der Waals surface area (Å²) in [6.45, 7) is 8.61. The second-order valence-electron chi connectivity index (χ2n) is 6.34. The summed E-state index contributed by atoms with van der Waals surface area (Å²) < 4.78 is 3.75. The first-order chi connectivity index (χ1) is 12.7. The molecule has 0 N–H and O–H groups in total. The molecule has 2 nitrogen and oxygen atoms in total. The van der Waals surface area contributed by atoms with Crippen LogP contribution in [0.2, 0.25) is 0 Å². The summed E-state index contributed by atoms with van der Waals surface area (Å²) in [5.41, 5.74) is 3.93. The van der Waals surface area contributed by atoms with Crippen LogP contribution in [0.4, 0.5) is 5.69 Å². The molecule has 0 aliphatic carbocycles. The lowest BCUT2D eigenvalue weighted by atomic mass is 10.2. The molecule has 4 rings (SSSR count). The van der Waals surface area contributed by atoms with Gasteiger partial charge in [-0.2, -0.15) is 4.57 Å². The molecule has 0 spiro atoms. The molecule has 140 valence electrons. The van der Waals surface area contributed by atoms with Gasteiger partial charge in [-0.3, -0.25) is 0 Å². The molecule has 0 fully saturated rings. The third-order valence-electron chi connectivity index (χ3n) is 4.61. The number of allylic oxidation sites excluding steroid dienone is 2. The van der Waals surface area contributed by atoms with E-state index in [4.69, 9.17) is 0 Å². The topological polar surface area (TPSA) is 7.12 Å². The maximum atomic E-state index is 2.40. The molecule has 3 aromatic rings. The van der Waals surface area contributed by atoms with E-state index in [1.165, 1.54) is 36.4 Å². The molecule has 0 saturated carbocycles. The molecule has 0 saturated heterocycles. The van der Waals surface area contributed by atoms with Crippen molar-refractivity contribution in [2.45, 2.75) is 32.2 Å². The van der Waals surface area contributed by atoms with Gasteiger partial charge in [-0.15, -0.1) is 24.0 Å². The second-order valence-corrected chi connectivity index (χ2v) is 8.46. The third kappa shape index (κ3) is 3.96. The first-order valence-corrected chi connectivity index (χ1v) is 10.7. The Kier molecular flexibility index (Phi) is 6.65. The van der Waals surface area contributed by atoms with Crippen molar-refractivity contribution >= 4 is 69.1 Å². The van der Waals surface area contributed by atoms with Crippen LogP contribution in [0, 0.1) is 0 Å². The predicted molar refractivity (Wildman–Crippen MR) is 130 cm³/mol. The van der Waals surface area contributed by atoms with Crippen LogP contribution in [0.1, 0.15) is 25.8 Å². The van der Waals surface area contributed by atoms with Crippen molar-refractivity contribution in [3.05, 3.63) is 70.2 Å². The monoisotopic (exact) mass is 507 g/mol. The number of aryl methyl sites for hydroxylation is 1. The first-order valence-electron chi connectivity index (χ1n) is 9.07. The molecule has 1 aliphatic heterocycles. The van der Waals surface area contributed by atoms with Gasteiger partial charge in [0.25, 0.3) is 5.01 Å². The van der Waals surface area contributed by atoms with E-state index >= 15 is 0 Å². The zero-order valence-electron chi connectivity index (χ0n) is 15.8. The number of anilines is 1. The summed E-state index contributed by atoms with van der Waals surface area (Å²) in [4.78, 5) is 3.75. The van der Waals surface area contributed by atoms with Crippen molar-refractivity contribution in [3.63, 3.8) is 0 Å². The van der Waals surface area contributed by atoms with Crippen molar-refractivity contribution in [2.75, 3.05) is 11.4 Å². The van der Waals surface area contributed by atoms with Crippen molar-refractivity contribution in [1.29, 1.82) is 0 Å². The fraction of sp³-hybridized carbons (Fsp3) is 0.227. The van der Waals surface area contributed by atoms with E-state index < -0.39 is 0 Å². The second kappa shape index (κ2) is 8.80. The highest BCUT2D eigenvalue weighted by Crippen LogP contribution is 2.45. The standard InChI is InChI=1S/C22H23N2S2.HI/c1-4-23-17-10-6-8-12-19(17)25-21(23)14-16(3)15-22-24(5-2)18-11-7-9-13-20(18)26-22;/h6-15H,4-5H2,1-3H3;1H/q+1;. The number of hydrogen-bond donors (Lipinski definition) is 0. The normalized spacial score (nSPS) is 15.3. The van der Waals surface area contributed by atoms with E-state index in [0.717, 1.165) is 13.1 Å². The Bertz CT molecular complexity index is 1020. The highest BCUT2D eigenvalue weighted by Gasteiger charge is 2.23. The van der Waals surface area contributed by atoms with Gasteiger partial charge in [-0.05, 0) is 50.6 Å². The van der Waals surface area contributed by atoms with Gasteiger partial charge in [0.1, 0.15) is 11.2 Å². The SMILES string of the molecule is CCN1C(=CC(C)=Cc2sc3ccccc3[n+]2CC)Sc2ccccc21.I. The van der Waals surface area contributed by atoms with E-state index in [-0.39, 0.29) is 24.0 Å². The number of para-hydroxylation sites is 2. The lowest BCUT2D eigenvalue weighted by Crippen LogP contribution is -2.33. The Labute approximate surface area is 186 Å². The molecule has 0 amide bonds. The summed E-state index contributed by atoms with van der Waals surface area (Å²) in [6.07, 6.45) is 4.64. The van der Waals surface area contributed by atoms with Crippen LogP contribution in [-0.4, -0.2) is 6.54 Å². The number of fused-ring (bicyclic) bond motifs is 2. The van der Waals surface area contributed by atoms with Gasteiger partial charge in [0.2, 0.25) is 5.52 Å². The van der Waals surface area contributed by atoms with Gasteiger partial charge in [-0.25, -0.2) is 0 Å². The number of benzene rings is 2. The first kappa shape index (κ1) is 20.4. The smallest absolute Gasteiger partial charge is 0.262 e. The molecule has 0 unspecified atom stereocenters. The van der Waals surface area contributed by atoms with Crippen LogP contribution in [-0.2, 0) is 6.54 Å². The lowest BCUT2D eigenvalue weighted by molar-refractivity contribution is -0.665. The summed E-state index contributed by atoms with van der Waals surface area (Å²) in [5.74, 6) is 0. The fourth-order valence-electron chi connectivity index (χ4n) is 3.40. The minimum absolute atomic E-state index is 0. The number of thiazole rings is 1. The number of hydrogen-bond acceptors (Lipinski definition) is 3. The average Bonchev–Trinajstić information content (AvgIpc) is 3.17. The maximum absolute atomic E-state index is 2.40. The van der Waals surface area contributed by atoms with Gasteiger partial charge < -0.3 is 4.90 Å². The Morgan fingerprint density at radius 1 is 1.07 bits per heavy atom. The van der Waals surface area contributed by atoms with Crippen LogP contribution in [0.15, 0.2) is 70.1 Å². The molecular formula is C22H24IN2S2+. The highest BCUT2D eigenvalue weighted by atomic mass is 127. The van der Waals surface area contributed by atoms with Crippen molar-refractivity contribution in [2.24, 2.45) is 0 Å². The average molecular weight is 507 g/mol. The lowest BCUT2D eigenvalue weighted by Gasteiger charge is -2.17. The number of rotatable bonds is 4. The van der Waals surface area contributed by atoms with Crippen LogP contribution in [0.25, 0.3) is 16.3 Å². The van der Waals surface area contributed by atoms with Gasteiger partial charge in [-0.1, -0.05) is 47.4 Å². The number of aromatic nitrogens is 1. The third-order valence-corrected chi connectivity index (χ3v) is 6.83. The largest absolute Gasteiger partial charge is 0.335 e. The minimum Gasteiger partial charge on any atom is -0.335 e. The molecular weight excluding hydrogens is 483 g/mol. The number of thioether (sulfide) groups is 1. The van der Waals surface area contributed by atoms with Crippen LogP contribution < -0.4 is 9.47 Å². The van der Waals surface area contributed by atoms with Crippen molar-refractivity contribution in [3.8, 4) is 0 Å². The molecule has 0 atom stereocenters. The van der Waals surface area contributed by atoms with E-state index in [0.29, 0.717) is 0 Å². The Balaban J connectivity index is 0.00000210. The Morgan fingerprint density at radius 3 is 2.59 bits per heavy atom. The summed E-state index contributed by atoms with van der Waals surface area (Å²) in [6, 6.07) is 17.3. The van der Waals surface area contributed by atoms with E-state index in [1.807, 2.05) is 23.1 Å².